The van der Waals surface area contributed by atoms with Gasteiger partial charge in [-0.1, -0.05) is 11.3 Å². The van der Waals surface area contributed by atoms with Gasteiger partial charge in [0.1, 0.15) is 18.0 Å². The van der Waals surface area contributed by atoms with Crippen LogP contribution in [0.1, 0.15) is 10.5 Å². The summed E-state index contributed by atoms with van der Waals surface area (Å²) in [4.78, 5) is 28.8. The Kier molecular flexibility index (Phi) is 4.66. The monoisotopic (exact) mass is 360 g/mol. The minimum Gasteiger partial charge on any atom is -0.497 e. The van der Waals surface area contributed by atoms with Gasteiger partial charge in [-0.2, -0.15) is 10.1 Å². The lowest BCUT2D eigenvalue weighted by Crippen LogP contribution is -2.22. The van der Waals surface area contributed by atoms with Gasteiger partial charge in [0.05, 0.1) is 24.4 Å². The molecule has 0 radical (unpaired) electrons. The first-order valence-corrected chi connectivity index (χ1v) is 8.16. The van der Waals surface area contributed by atoms with E-state index in [9.17, 15) is 9.59 Å². The van der Waals surface area contributed by atoms with Gasteiger partial charge in [-0.25, -0.2) is 0 Å². The number of rotatable bonds is 4. The fourth-order valence-electron chi connectivity index (χ4n) is 2.34. The molecule has 1 aromatic carbocycles. The summed E-state index contributed by atoms with van der Waals surface area (Å²) < 4.78 is 13.9. The Bertz CT molecular complexity index is 1010. The van der Waals surface area contributed by atoms with Gasteiger partial charge in [0.25, 0.3) is 5.91 Å². The highest BCUT2D eigenvalue weighted by molar-refractivity contribution is 7.16. The number of esters is 1. The van der Waals surface area contributed by atoms with Gasteiger partial charge < -0.3 is 14.0 Å². The third kappa shape index (κ3) is 3.31. The lowest BCUT2D eigenvalue weighted by Gasteiger charge is -2.04. The molecule has 0 fully saturated rings. The van der Waals surface area contributed by atoms with Crippen molar-refractivity contribution in [3.8, 4) is 5.75 Å². The number of carbonyl (C=O) groups is 2. The summed E-state index contributed by atoms with van der Waals surface area (Å²) in [6.07, 6.45) is 1.53. The largest absolute Gasteiger partial charge is 0.497 e. The van der Waals surface area contributed by atoms with Gasteiger partial charge >= 0.3 is 5.97 Å². The Hall–Kier alpha value is -2.94. The SMILES string of the molecule is COC(=O)Cn1c(=NC(=O)c2ccnn2C)sc2cc(OC)ccc21. The van der Waals surface area contributed by atoms with E-state index in [4.69, 9.17) is 9.47 Å². The topological polar surface area (TPSA) is 87.7 Å². The van der Waals surface area contributed by atoms with Crippen molar-refractivity contribution in [1.29, 1.82) is 0 Å². The summed E-state index contributed by atoms with van der Waals surface area (Å²) in [5.41, 5.74) is 1.13. The van der Waals surface area contributed by atoms with Crippen LogP contribution in [-0.2, 0) is 23.1 Å². The number of thiazole rings is 1. The average molecular weight is 360 g/mol. The van der Waals surface area contributed by atoms with E-state index in [1.165, 1.54) is 29.3 Å². The number of amides is 1. The second kappa shape index (κ2) is 6.89. The molecule has 2 aromatic heterocycles. The second-order valence-electron chi connectivity index (χ2n) is 5.14. The molecule has 2 heterocycles. The van der Waals surface area contributed by atoms with Crippen LogP contribution in [-0.4, -0.2) is 40.4 Å². The Balaban J connectivity index is 2.16. The molecule has 1 amide bonds. The van der Waals surface area contributed by atoms with Gasteiger partial charge in [-0.15, -0.1) is 0 Å². The summed E-state index contributed by atoms with van der Waals surface area (Å²) in [5.74, 6) is -0.175. The summed E-state index contributed by atoms with van der Waals surface area (Å²) in [6.45, 7) is -0.0413. The van der Waals surface area contributed by atoms with E-state index in [1.54, 1.807) is 30.9 Å². The molecule has 9 heteroatoms. The number of ether oxygens (including phenoxy) is 2. The number of hydrogen-bond acceptors (Lipinski definition) is 6. The van der Waals surface area contributed by atoms with Gasteiger partial charge in [-0.05, 0) is 24.3 Å². The van der Waals surface area contributed by atoms with Crippen molar-refractivity contribution >= 4 is 33.4 Å². The molecule has 3 aromatic rings. The van der Waals surface area contributed by atoms with Crippen LogP contribution in [0.5, 0.6) is 5.75 Å². The van der Waals surface area contributed by atoms with E-state index in [2.05, 4.69) is 10.1 Å². The van der Waals surface area contributed by atoms with Crippen LogP contribution in [0.25, 0.3) is 10.2 Å². The van der Waals surface area contributed by atoms with Gasteiger partial charge in [0, 0.05) is 13.2 Å². The number of carbonyl (C=O) groups excluding carboxylic acids is 2. The molecule has 130 valence electrons. The normalized spacial score (nSPS) is 11.7. The maximum atomic E-state index is 12.4. The number of benzene rings is 1. The number of nitrogens with zero attached hydrogens (tertiary/aromatic N) is 4. The van der Waals surface area contributed by atoms with Crippen molar-refractivity contribution in [2.24, 2.45) is 12.0 Å². The van der Waals surface area contributed by atoms with Crippen molar-refractivity contribution in [3.63, 3.8) is 0 Å². The summed E-state index contributed by atoms with van der Waals surface area (Å²) >= 11 is 1.30. The zero-order valence-corrected chi connectivity index (χ0v) is 14.7. The fraction of sp³-hybridized carbons (Fsp3) is 0.250. The van der Waals surface area contributed by atoms with Crippen LogP contribution < -0.4 is 9.54 Å². The first-order chi connectivity index (χ1) is 12.0. The quantitative estimate of drug-likeness (QED) is 0.656. The van der Waals surface area contributed by atoms with Crippen LogP contribution in [0.3, 0.4) is 0 Å². The number of methoxy groups -OCH3 is 2. The molecule has 0 aliphatic carbocycles. The number of aryl methyl sites for hydroxylation is 1. The summed E-state index contributed by atoms with van der Waals surface area (Å²) in [5, 5.41) is 3.97. The zero-order valence-electron chi connectivity index (χ0n) is 13.9. The van der Waals surface area contributed by atoms with E-state index >= 15 is 0 Å². The van der Waals surface area contributed by atoms with E-state index in [-0.39, 0.29) is 6.54 Å². The molecule has 0 bridgehead atoms. The lowest BCUT2D eigenvalue weighted by atomic mass is 10.3. The fourth-order valence-corrected chi connectivity index (χ4v) is 3.40. The van der Waals surface area contributed by atoms with E-state index in [0.717, 1.165) is 10.2 Å². The van der Waals surface area contributed by atoms with E-state index in [0.29, 0.717) is 16.2 Å². The van der Waals surface area contributed by atoms with Gasteiger partial charge in [-0.3, -0.25) is 14.3 Å². The van der Waals surface area contributed by atoms with Crippen molar-refractivity contribution in [1.82, 2.24) is 14.3 Å². The van der Waals surface area contributed by atoms with Gasteiger partial charge in [0.2, 0.25) is 0 Å². The van der Waals surface area contributed by atoms with Crippen LogP contribution in [0.15, 0.2) is 35.5 Å². The third-order valence-corrected chi connectivity index (χ3v) is 4.68. The average Bonchev–Trinajstić information content (AvgIpc) is 3.18. The molecule has 0 aliphatic rings. The first kappa shape index (κ1) is 16.9. The standard InChI is InChI=1S/C16H16N4O4S/c1-19-12(6-7-17-19)15(22)18-16-20(9-14(21)24-3)11-5-4-10(23-2)8-13(11)25-16/h4-8H,9H2,1-3H3. The van der Waals surface area contributed by atoms with Crippen molar-refractivity contribution in [2.45, 2.75) is 6.54 Å². The van der Waals surface area contributed by atoms with E-state index < -0.39 is 11.9 Å². The van der Waals surface area contributed by atoms with Crippen molar-refractivity contribution in [3.05, 3.63) is 41.0 Å². The highest BCUT2D eigenvalue weighted by atomic mass is 32.1. The van der Waals surface area contributed by atoms with Crippen LogP contribution in [0.2, 0.25) is 0 Å². The van der Waals surface area contributed by atoms with Crippen molar-refractivity contribution in [2.75, 3.05) is 14.2 Å². The van der Waals surface area contributed by atoms with E-state index in [1.807, 2.05) is 12.1 Å². The Labute approximate surface area is 146 Å². The number of fused-ring (bicyclic) bond motifs is 1. The molecule has 3 rings (SSSR count). The highest BCUT2D eigenvalue weighted by Crippen LogP contribution is 2.23. The number of aromatic nitrogens is 3. The molecule has 0 N–H and O–H groups in total. The molecule has 0 atom stereocenters. The summed E-state index contributed by atoms with van der Waals surface area (Å²) in [6, 6.07) is 7.03. The molecule has 25 heavy (non-hydrogen) atoms. The Morgan fingerprint density at radius 2 is 2.08 bits per heavy atom. The first-order valence-electron chi connectivity index (χ1n) is 7.34. The third-order valence-electron chi connectivity index (χ3n) is 3.64. The number of hydrogen-bond donors (Lipinski definition) is 0. The predicted molar refractivity (Wildman–Crippen MR) is 91.5 cm³/mol. The van der Waals surface area contributed by atoms with Crippen LogP contribution >= 0.6 is 11.3 Å². The molecule has 0 saturated carbocycles. The molecular weight excluding hydrogens is 344 g/mol. The Morgan fingerprint density at radius 1 is 1.28 bits per heavy atom. The smallest absolute Gasteiger partial charge is 0.325 e. The minimum atomic E-state index is -0.433. The lowest BCUT2D eigenvalue weighted by molar-refractivity contribution is -0.141. The molecule has 0 saturated heterocycles. The second-order valence-corrected chi connectivity index (χ2v) is 6.15. The zero-order chi connectivity index (χ0) is 18.0. The van der Waals surface area contributed by atoms with Crippen molar-refractivity contribution < 1.29 is 19.1 Å². The maximum Gasteiger partial charge on any atom is 0.325 e. The van der Waals surface area contributed by atoms with Gasteiger partial charge in [0.15, 0.2) is 4.80 Å². The summed E-state index contributed by atoms with van der Waals surface area (Å²) in [7, 11) is 4.56. The maximum absolute atomic E-state index is 12.4. The minimum absolute atomic E-state index is 0.0413. The molecule has 0 aliphatic heterocycles. The van der Waals surface area contributed by atoms with Crippen LogP contribution in [0.4, 0.5) is 0 Å². The Morgan fingerprint density at radius 3 is 2.72 bits per heavy atom. The predicted octanol–water partition coefficient (Wildman–Crippen LogP) is 1.36. The molecule has 0 unspecified atom stereocenters. The highest BCUT2D eigenvalue weighted by Gasteiger charge is 2.14. The molecule has 8 nitrogen and oxygen atoms in total. The van der Waals surface area contributed by atoms with Crippen LogP contribution in [0, 0.1) is 0 Å². The molecular formula is C16H16N4O4S. The molecule has 0 spiro atoms.